The van der Waals surface area contributed by atoms with Gasteiger partial charge < -0.3 is 10.2 Å². The summed E-state index contributed by atoms with van der Waals surface area (Å²) < 4.78 is 25.9. The van der Waals surface area contributed by atoms with Crippen LogP contribution in [0.3, 0.4) is 0 Å². The van der Waals surface area contributed by atoms with E-state index in [1.165, 1.54) is 6.42 Å². The molecule has 1 amide bonds. The van der Waals surface area contributed by atoms with Gasteiger partial charge >= 0.3 is 0 Å². The van der Waals surface area contributed by atoms with Crippen molar-refractivity contribution < 1.29 is 13.2 Å². The molecule has 28 heavy (non-hydrogen) atoms. The minimum Gasteiger partial charge on any atom is -0.366 e. The Balaban J connectivity index is 1.57. The van der Waals surface area contributed by atoms with Gasteiger partial charge in [-0.15, -0.1) is 0 Å². The molecule has 0 atom stereocenters. The molecule has 0 spiro atoms. The first kappa shape index (κ1) is 21.3. The van der Waals surface area contributed by atoms with Crippen LogP contribution in [0.5, 0.6) is 0 Å². The summed E-state index contributed by atoms with van der Waals surface area (Å²) in [5, 5.41) is 3.73. The number of carbonyl (C=O) groups excluding carboxylic acids is 1. The van der Waals surface area contributed by atoms with Gasteiger partial charge in [0.1, 0.15) is 5.82 Å². The molecule has 0 bridgehead atoms. The van der Waals surface area contributed by atoms with E-state index in [1.54, 1.807) is 16.6 Å². The number of pyridine rings is 1. The SMILES string of the molecule is CCCS(=O)(=O)N1CCC(Nc2ncc(C(=O)N3CCCCC3)cc2Cl)CC1. The van der Waals surface area contributed by atoms with E-state index in [0.29, 0.717) is 48.8 Å². The minimum atomic E-state index is -3.14. The molecule has 2 fully saturated rings. The number of carbonyl (C=O) groups is 1. The van der Waals surface area contributed by atoms with Crippen LogP contribution in [-0.4, -0.2) is 66.5 Å². The van der Waals surface area contributed by atoms with Gasteiger partial charge in [0.15, 0.2) is 0 Å². The van der Waals surface area contributed by atoms with Crippen LogP contribution in [0, 0.1) is 0 Å². The van der Waals surface area contributed by atoms with Crippen LogP contribution in [0.25, 0.3) is 0 Å². The molecule has 0 radical (unpaired) electrons. The fourth-order valence-corrected chi connectivity index (χ4v) is 5.56. The Hall–Kier alpha value is -1.38. The molecule has 0 saturated carbocycles. The van der Waals surface area contributed by atoms with Crippen LogP contribution in [0.2, 0.25) is 5.02 Å². The van der Waals surface area contributed by atoms with Crippen LogP contribution in [0.15, 0.2) is 12.3 Å². The van der Waals surface area contributed by atoms with Crippen LogP contribution in [-0.2, 0) is 10.0 Å². The molecule has 2 saturated heterocycles. The molecule has 0 aliphatic carbocycles. The lowest BCUT2D eigenvalue weighted by molar-refractivity contribution is 0.0724. The van der Waals surface area contributed by atoms with Crippen LogP contribution < -0.4 is 5.32 Å². The lowest BCUT2D eigenvalue weighted by Crippen LogP contribution is -2.43. The van der Waals surface area contributed by atoms with Crippen molar-refractivity contribution in [2.24, 2.45) is 0 Å². The van der Waals surface area contributed by atoms with Gasteiger partial charge in [-0.25, -0.2) is 17.7 Å². The summed E-state index contributed by atoms with van der Waals surface area (Å²) in [7, 11) is -3.14. The van der Waals surface area contributed by atoms with Gasteiger partial charge in [-0.2, -0.15) is 0 Å². The molecule has 3 heterocycles. The molecule has 3 rings (SSSR count). The number of hydrogen-bond acceptors (Lipinski definition) is 5. The Morgan fingerprint density at radius 1 is 1.21 bits per heavy atom. The number of piperidine rings is 2. The zero-order valence-corrected chi connectivity index (χ0v) is 17.9. The number of amides is 1. The first-order valence-corrected chi connectivity index (χ1v) is 12.1. The van der Waals surface area contributed by atoms with Gasteiger partial charge in [0, 0.05) is 38.4 Å². The Bertz CT molecular complexity index is 788. The smallest absolute Gasteiger partial charge is 0.255 e. The lowest BCUT2D eigenvalue weighted by Gasteiger charge is -2.32. The average Bonchev–Trinajstić information content (AvgIpc) is 2.70. The Labute approximate surface area is 172 Å². The second kappa shape index (κ2) is 9.41. The third-order valence-electron chi connectivity index (χ3n) is 5.38. The van der Waals surface area contributed by atoms with E-state index in [-0.39, 0.29) is 17.7 Å². The highest BCUT2D eigenvalue weighted by Gasteiger charge is 2.28. The third kappa shape index (κ3) is 5.15. The topological polar surface area (TPSA) is 82.6 Å². The van der Waals surface area contributed by atoms with Gasteiger partial charge in [0.25, 0.3) is 5.91 Å². The third-order valence-corrected chi connectivity index (χ3v) is 7.75. The van der Waals surface area contributed by atoms with Crippen molar-refractivity contribution in [1.29, 1.82) is 0 Å². The summed E-state index contributed by atoms with van der Waals surface area (Å²) in [4.78, 5) is 18.8. The molecule has 0 unspecified atom stereocenters. The second-order valence-electron chi connectivity index (χ2n) is 7.54. The molecule has 156 valence electrons. The predicted octanol–water partition coefficient (Wildman–Crippen LogP) is 2.98. The molecule has 1 aromatic heterocycles. The van der Waals surface area contributed by atoms with Crippen LogP contribution >= 0.6 is 11.6 Å². The maximum atomic E-state index is 12.6. The molecular weight excluding hydrogens is 400 g/mol. The quantitative estimate of drug-likeness (QED) is 0.753. The fourth-order valence-electron chi connectivity index (χ4n) is 3.80. The van der Waals surface area contributed by atoms with Gasteiger partial charge in [-0.1, -0.05) is 18.5 Å². The maximum Gasteiger partial charge on any atom is 0.255 e. The highest BCUT2D eigenvalue weighted by atomic mass is 35.5. The first-order chi connectivity index (χ1) is 13.4. The van der Waals surface area contributed by atoms with Gasteiger partial charge in [-0.05, 0) is 44.6 Å². The van der Waals surface area contributed by atoms with E-state index in [2.05, 4.69) is 10.3 Å². The highest BCUT2D eigenvalue weighted by Crippen LogP contribution is 2.25. The summed E-state index contributed by atoms with van der Waals surface area (Å²) in [5.74, 6) is 0.729. The number of nitrogens with one attached hydrogen (secondary N) is 1. The number of aromatic nitrogens is 1. The standard InChI is InChI=1S/C19H29ClN4O3S/c1-2-12-28(26,27)24-10-6-16(7-11-24)22-18-17(20)13-15(14-21-18)19(25)23-8-4-3-5-9-23/h13-14,16H,2-12H2,1H3,(H,21,22). The molecule has 1 N–H and O–H groups in total. The largest absolute Gasteiger partial charge is 0.366 e. The molecule has 2 aliphatic rings. The minimum absolute atomic E-state index is 0.0184. The summed E-state index contributed by atoms with van der Waals surface area (Å²) in [5.41, 5.74) is 0.512. The molecule has 1 aromatic rings. The lowest BCUT2D eigenvalue weighted by atomic mass is 10.1. The average molecular weight is 429 g/mol. The number of halogens is 1. The van der Waals surface area contributed by atoms with Gasteiger partial charge in [0.05, 0.1) is 16.3 Å². The summed E-state index contributed by atoms with van der Waals surface area (Å²) in [6.45, 7) is 4.46. The fraction of sp³-hybridized carbons (Fsp3) is 0.684. The maximum absolute atomic E-state index is 12.6. The van der Waals surface area contributed by atoms with E-state index in [1.807, 2.05) is 11.8 Å². The van der Waals surface area contributed by atoms with Crippen molar-refractivity contribution in [2.75, 3.05) is 37.2 Å². The number of nitrogens with zero attached hydrogens (tertiary/aromatic N) is 3. The molecule has 2 aliphatic heterocycles. The molecule has 7 nitrogen and oxygen atoms in total. The van der Waals surface area contributed by atoms with Crippen LogP contribution in [0.4, 0.5) is 5.82 Å². The zero-order valence-electron chi connectivity index (χ0n) is 16.4. The van der Waals surface area contributed by atoms with Gasteiger partial charge in [-0.3, -0.25) is 4.79 Å². The molecule has 9 heteroatoms. The summed E-state index contributed by atoms with van der Waals surface area (Å²) >= 11 is 6.37. The summed E-state index contributed by atoms with van der Waals surface area (Å²) in [6, 6.07) is 1.79. The van der Waals surface area contributed by atoms with Crippen molar-refractivity contribution >= 4 is 33.3 Å². The van der Waals surface area contributed by atoms with E-state index in [0.717, 1.165) is 25.9 Å². The monoisotopic (exact) mass is 428 g/mol. The van der Waals surface area contributed by atoms with Crippen molar-refractivity contribution in [3.05, 3.63) is 22.8 Å². The molecule has 0 aromatic carbocycles. The number of hydrogen-bond donors (Lipinski definition) is 1. The first-order valence-electron chi connectivity index (χ1n) is 10.1. The van der Waals surface area contributed by atoms with Crippen molar-refractivity contribution in [3.8, 4) is 0 Å². The number of anilines is 1. The summed E-state index contributed by atoms with van der Waals surface area (Å²) in [6.07, 6.45) is 6.86. The predicted molar refractivity (Wildman–Crippen MR) is 111 cm³/mol. The zero-order chi connectivity index (χ0) is 20.1. The van der Waals surface area contributed by atoms with Gasteiger partial charge in [0.2, 0.25) is 10.0 Å². The highest BCUT2D eigenvalue weighted by molar-refractivity contribution is 7.89. The van der Waals surface area contributed by atoms with Crippen LogP contribution in [0.1, 0.15) is 55.8 Å². The Kier molecular flexibility index (Phi) is 7.17. The van der Waals surface area contributed by atoms with Crippen molar-refractivity contribution in [2.45, 2.75) is 51.5 Å². The Morgan fingerprint density at radius 2 is 1.89 bits per heavy atom. The van der Waals surface area contributed by atoms with Crippen molar-refractivity contribution in [1.82, 2.24) is 14.2 Å². The normalized spacial score (nSPS) is 19.6. The number of rotatable bonds is 6. The van der Waals surface area contributed by atoms with E-state index in [9.17, 15) is 13.2 Å². The number of likely N-dealkylation sites (tertiary alicyclic amines) is 1. The second-order valence-corrected chi connectivity index (χ2v) is 10.0. The van der Waals surface area contributed by atoms with E-state index >= 15 is 0 Å². The molecular formula is C19H29ClN4O3S. The van der Waals surface area contributed by atoms with E-state index < -0.39 is 10.0 Å². The van der Waals surface area contributed by atoms with Crippen molar-refractivity contribution in [3.63, 3.8) is 0 Å². The Morgan fingerprint density at radius 3 is 2.50 bits per heavy atom. The number of sulfonamides is 1. The van der Waals surface area contributed by atoms with E-state index in [4.69, 9.17) is 11.6 Å².